The van der Waals surface area contributed by atoms with Crippen molar-refractivity contribution in [1.29, 1.82) is 0 Å². The lowest BCUT2D eigenvalue weighted by Gasteiger charge is -2.43. The highest BCUT2D eigenvalue weighted by atomic mass is 32.1. The molecule has 1 aliphatic heterocycles. The maximum Gasteiger partial charge on any atom is 0.334 e. The van der Waals surface area contributed by atoms with Gasteiger partial charge in [0.05, 0.1) is 40.7 Å². The van der Waals surface area contributed by atoms with Crippen LogP contribution in [0.2, 0.25) is 0 Å². The number of thiol groups is 1. The molecule has 2 N–H and O–H groups in total. The molecule has 0 fully saturated rings. The van der Waals surface area contributed by atoms with E-state index in [-0.39, 0.29) is 17.7 Å². The molecule has 8 nitrogen and oxygen atoms in total. The molecule has 0 bridgehead atoms. The van der Waals surface area contributed by atoms with Crippen molar-refractivity contribution in [3.63, 3.8) is 0 Å². The van der Waals surface area contributed by atoms with Gasteiger partial charge in [0, 0.05) is 24.0 Å². The molecule has 0 saturated carbocycles. The number of hydrogen-bond acceptors (Lipinski definition) is 6. The molecule has 1 unspecified atom stereocenters. The first kappa shape index (κ1) is 40.1. The van der Waals surface area contributed by atoms with Crippen molar-refractivity contribution < 1.29 is 24.5 Å². The lowest BCUT2D eigenvalue weighted by molar-refractivity contribution is -0.134. The number of benzene rings is 2. The number of carboxylic acid groups (broad SMARTS) is 2. The van der Waals surface area contributed by atoms with Gasteiger partial charge in [0.2, 0.25) is 0 Å². The summed E-state index contributed by atoms with van der Waals surface area (Å²) in [6.07, 6.45) is 17.0. The molecule has 4 rings (SSSR count). The van der Waals surface area contributed by atoms with Gasteiger partial charge in [-0.05, 0) is 69.9 Å². The third kappa shape index (κ3) is 9.21. The topological polar surface area (TPSA) is 105 Å². The minimum atomic E-state index is -1.52. The smallest absolute Gasteiger partial charge is 0.334 e. The Hall–Kier alpha value is -3.72. The standard InChI is InChI=1S/C42H59N3O5S/c1-7-9-10-11-12-13-14-15-16-17-18-19-20-22-31-23-21-24-35(50-8-2)37(31)42(5)36(39(46)47)30(4)44(6)34(38(42)40(48)49)28-45-33-26-25-29(3)27-32(33)43-41(45)51/h21,23-27H,7-20,22,28H2,1-6H3,(H,43,51)(H,46,47)(H,48,49). The SMILES string of the molecule is CCCCCCCCCCCCCCCc1cccc(OCC)c1C1(C)C(C(=O)O)=C(C)N(C)C(Cn2c(S)nc3cc(C)ccc32)=C1C(=O)O. The second-order valence-electron chi connectivity index (χ2n) is 14.3. The van der Waals surface area contributed by atoms with E-state index >= 15 is 0 Å². The molecule has 0 spiro atoms. The van der Waals surface area contributed by atoms with Crippen molar-refractivity contribution in [2.45, 2.75) is 142 Å². The van der Waals surface area contributed by atoms with Crippen molar-refractivity contribution in [2.75, 3.05) is 13.7 Å². The Morgan fingerprint density at radius 1 is 0.843 bits per heavy atom. The summed E-state index contributed by atoms with van der Waals surface area (Å²) in [5.41, 5.74) is 3.63. The van der Waals surface area contributed by atoms with Gasteiger partial charge in [0.1, 0.15) is 5.75 Å². The molecule has 0 aliphatic carbocycles. The molecule has 9 heteroatoms. The number of rotatable bonds is 21. The Morgan fingerprint density at radius 3 is 2.00 bits per heavy atom. The normalized spacial score (nSPS) is 16.4. The minimum Gasteiger partial charge on any atom is -0.494 e. The monoisotopic (exact) mass is 717 g/mol. The number of likely N-dealkylation sites (N-methyl/N-ethyl adjacent to an activating group) is 1. The second-order valence-corrected chi connectivity index (χ2v) is 14.7. The van der Waals surface area contributed by atoms with Gasteiger partial charge in [-0.15, -0.1) is 12.6 Å². The van der Waals surface area contributed by atoms with Gasteiger partial charge in [0.15, 0.2) is 5.16 Å². The van der Waals surface area contributed by atoms with E-state index in [1.54, 1.807) is 25.8 Å². The van der Waals surface area contributed by atoms with Gasteiger partial charge in [-0.25, -0.2) is 14.6 Å². The zero-order chi connectivity index (χ0) is 37.1. The predicted octanol–water partition coefficient (Wildman–Crippen LogP) is 10.3. The van der Waals surface area contributed by atoms with E-state index in [1.807, 2.05) is 54.8 Å². The quantitative estimate of drug-likeness (QED) is 0.0744. The summed E-state index contributed by atoms with van der Waals surface area (Å²) < 4.78 is 8.07. The molecule has 0 amide bonds. The maximum atomic E-state index is 13.6. The third-order valence-electron chi connectivity index (χ3n) is 10.6. The Balaban J connectivity index is 1.66. The number of carboxylic acids is 2. The van der Waals surface area contributed by atoms with E-state index in [2.05, 4.69) is 24.5 Å². The lowest BCUT2D eigenvalue weighted by Crippen LogP contribution is -2.45. The van der Waals surface area contributed by atoms with Crippen LogP contribution in [-0.2, 0) is 28.0 Å². The number of hydrogen-bond donors (Lipinski definition) is 3. The first-order chi connectivity index (χ1) is 24.5. The van der Waals surface area contributed by atoms with Crippen LogP contribution >= 0.6 is 12.6 Å². The van der Waals surface area contributed by atoms with Crippen LogP contribution in [0.25, 0.3) is 11.0 Å². The van der Waals surface area contributed by atoms with E-state index in [0.717, 1.165) is 41.4 Å². The summed E-state index contributed by atoms with van der Waals surface area (Å²) in [6, 6.07) is 11.7. The number of aliphatic carboxylic acids is 2. The number of aromatic nitrogens is 2. The largest absolute Gasteiger partial charge is 0.494 e. The molecule has 2 aromatic carbocycles. The van der Waals surface area contributed by atoms with Crippen LogP contribution < -0.4 is 4.74 Å². The van der Waals surface area contributed by atoms with Gasteiger partial charge >= 0.3 is 11.9 Å². The molecule has 278 valence electrons. The lowest BCUT2D eigenvalue weighted by atomic mass is 9.65. The molecule has 51 heavy (non-hydrogen) atoms. The molecular weight excluding hydrogens is 659 g/mol. The van der Waals surface area contributed by atoms with Gasteiger partial charge in [-0.1, -0.05) is 102 Å². The number of unbranched alkanes of at least 4 members (excludes halogenated alkanes) is 12. The van der Waals surface area contributed by atoms with Crippen LogP contribution in [0, 0.1) is 6.92 Å². The number of fused-ring (bicyclic) bond motifs is 1. The molecule has 0 radical (unpaired) electrons. The Kier molecular flexibility index (Phi) is 14.7. The summed E-state index contributed by atoms with van der Waals surface area (Å²) >= 11 is 4.68. The molecule has 2 heterocycles. The molecule has 1 atom stereocenters. The number of aryl methyl sites for hydroxylation is 2. The number of imidazole rings is 1. The fourth-order valence-electron chi connectivity index (χ4n) is 7.95. The van der Waals surface area contributed by atoms with Crippen molar-refractivity contribution >= 4 is 35.6 Å². The van der Waals surface area contributed by atoms with Crippen LogP contribution in [0.3, 0.4) is 0 Å². The Bertz CT molecular complexity index is 1740. The van der Waals surface area contributed by atoms with Gasteiger partial charge in [-0.2, -0.15) is 0 Å². The number of ether oxygens (including phenoxy) is 1. The van der Waals surface area contributed by atoms with Gasteiger partial charge < -0.3 is 24.4 Å². The van der Waals surface area contributed by atoms with E-state index < -0.39 is 17.4 Å². The van der Waals surface area contributed by atoms with Gasteiger partial charge in [-0.3, -0.25) is 0 Å². The maximum absolute atomic E-state index is 13.6. The number of allylic oxidation sites excluding steroid dienone is 2. The Morgan fingerprint density at radius 2 is 1.43 bits per heavy atom. The van der Waals surface area contributed by atoms with Crippen molar-refractivity contribution in [2.24, 2.45) is 0 Å². The Labute approximate surface area is 310 Å². The van der Waals surface area contributed by atoms with Crippen LogP contribution in [0.4, 0.5) is 0 Å². The molecule has 1 aliphatic rings. The minimum absolute atomic E-state index is 0.00783. The zero-order valence-corrected chi connectivity index (χ0v) is 32.6. The summed E-state index contributed by atoms with van der Waals surface area (Å²) in [5, 5.41) is 22.4. The van der Waals surface area contributed by atoms with Crippen LogP contribution in [0.1, 0.15) is 128 Å². The molecule has 3 aromatic rings. The van der Waals surface area contributed by atoms with E-state index in [4.69, 9.17) is 4.74 Å². The van der Waals surface area contributed by atoms with Crippen molar-refractivity contribution in [3.8, 4) is 5.75 Å². The highest BCUT2D eigenvalue weighted by Gasteiger charge is 2.51. The highest BCUT2D eigenvalue weighted by molar-refractivity contribution is 7.80. The fourth-order valence-corrected chi connectivity index (χ4v) is 8.23. The molecule has 0 saturated heterocycles. The fraction of sp³-hybridized carbons (Fsp3) is 0.548. The van der Waals surface area contributed by atoms with Crippen LogP contribution in [0.5, 0.6) is 5.75 Å². The predicted molar refractivity (Wildman–Crippen MR) is 209 cm³/mol. The highest BCUT2D eigenvalue weighted by Crippen LogP contribution is 2.51. The summed E-state index contributed by atoms with van der Waals surface area (Å²) in [4.78, 5) is 33.2. The molecular formula is C42H59N3O5S. The van der Waals surface area contributed by atoms with E-state index in [9.17, 15) is 19.8 Å². The van der Waals surface area contributed by atoms with Gasteiger partial charge in [0.25, 0.3) is 0 Å². The second kappa shape index (κ2) is 18.7. The number of nitrogens with zero attached hydrogens (tertiary/aromatic N) is 3. The first-order valence-electron chi connectivity index (χ1n) is 19.0. The van der Waals surface area contributed by atoms with Crippen LogP contribution in [-0.4, -0.2) is 50.3 Å². The van der Waals surface area contributed by atoms with Crippen molar-refractivity contribution in [1.82, 2.24) is 14.5 Å². The number of carbonyl (C=O) groups is 2. The van der Waals surface area contributed by atoms with E-state index in [0.29, 0.717) is 40.9 Å². The molecule has 1 aromatic heterocycles. The third-order valence-corrected chi connectivity index (χ3v) is 11.0. The summed E-state index contributed by atoms with van der Waals surface area (Å²) in [6.45, 7) is 10.1. The average molecular weight is 718 g/mol. The zero-order valence-electron chi connectivity index (χ0n) is 31.7. The summed E-state index contributed by atoms with van der Waals surface area (Å²) in [5.74, 6) is -1.82. The summed E-state index contributed by atoms with van der Waals surface area (Å²) in [7, 11) is 1.74. The van der Waals surface area contributed by atoms with Crippen molar-refractivity contribution in [3.05, 3.63) is 75.6 Å². The van der Waals surface area contributed by atoms with E-state index in [1.165, 1.54) is 64.2 Å². The first-order valence-corrected chi connectivity index (χ1v) is 19.5. The average Bonchev–Trinajstić information content (AvgIpc) is 3.38. The van der Waals surface area contributed by atoms with Crippen LogP contribution in [0.15, 0.2) is 64.1 Å².